The van der Waals surface area contributed by atoms with Crippen molar-refractivity contribution in [2.45, 2.75) is 31.2 Å². The third kappa shape index (κ3) is 5.09. The Morgan fingerprint density at radius 1 is 1.03 bits per heavy atom. The zero-order valence-corrected chi connectivity index (χ0v) is 19.7. The third-order valence-corrected chi connectivity index (χ3v) is 6.29. The first-order chi connectivity index (χ1) is 16.0. The number of pyridine rings is 1. The number of rotatable bonds is 4. The van der Waals surface area contributed by atoms with E-state index in [0.29, 0.717) is 17.2 Å². The summed E-state index contributed by atoms with van der Waals surface area (Å²) in [5.41, 5.74) is 15.2. The molecular formula is C23H26N6O4S. The molecule has 0 aliphatic rings. The van der Waals surface area contributed by atoms with E-state index in [1.807, 2.05) is 43.5 Å². The van der Waals surface area contributed by atoms with Gasteiger partial charge >= 0.3 is 0 Å². The standard InChI is InChI=1S/C22H24N6O2S.CH2O2/c1-22(2,3)28-18-11-14(9-10-17(18)26-21(28)24)15-12-19(20(23)25-13-15)31(29,30)27-16-7-5-4-6-8-16;2-1-3/h4-13,27H,1-3H3,(H2,23,25)(H2,24,26);1H,(H,2,3). The van der Waals surface area contributed by atoms with Gasteiger partial charge in [-0.2, -0.15) is 0 Å². The summed E-state index contributed by atoms with van der Waals surface area (Å²) >= 11 is 0. The normalized spacial score (nSPS) is 11.5. The monoisotopic (exact) mass is 482 g/mol. The van der Waals surface area contributed by atoms with E-state index in [-0.39, 0.29) is 22.7 Å². The Morgan fingerprint density at radius 3 is 2.29 bits per heavy atom. The quantitative estimate of drug-likeness (QED) is 0.321. The van der Waals surface area contributed by atoms with Crippen molar-refractivity contribution in [3.63, 3.8) is 0 Å². The minimum Gasteiger partial charge on any atom is -0.483 e. The molecule has 178 valence electrons. The van der Waals surface area contributed by atoms with Gasteiger partial charge in [0.1, 0.15) is 10.7 Å². The van der Waals surface area contributed by atoms with Gasteiger partial charge in [0.25, 0.3) is 16.5 Å². The van der Waals surface area contributed by atoms with Crippen LogP contribution in [0.2, 0.25) is 0 Å². The molecular weight excluding hydrogens is 456 g/mol. The number of nitrogen functional groups attached to an aromatic ring is 2. The van der Waals surface area contributed by atoms with Gasteiger partial charge in [-0.15, -0.1) is 0 Å². The first-order valence-electron chi connectivity index (χ1n) is 10.2. The van der Waals surface area contributed by atoms with Crippen LogP contribution in [0, 0.1) is 0 Å². The summed E-state index contributed by atoms with van der Waals surface area (Å²) in [4.78, 5) is 16.8. The molecule has 0 saturated carbocycles. The average molecular weight is 483 g/mol. The Morgan fingerprint density at radius 2 is 1.68 bits per heavy atom. The number of carboxylic acid groups (broad SMARTS) is 1. The molecule has 4 aromatic rings. The van der Waals surface area contributed by atoms with Gasteiger partial charge in [0.15, 0.2) is 0 Å². The maximum atomic E-state index is 12.9. The lowest BCUT2D eigenvalue weighted by atomic mass is 10.1. The predicted octanol–water partition coefficient (Wildman–Crippen LogP) is 3.52. The summed E-state index contributed by atoms with van der Waals surface area (Å²) in [7, 11) is -3.92. The molecule has 6 N–H and O–H groups in total. The zero-order chi connectivity index (χ0) is 25.1. The van der Waals surface area contributed by atoms with E-state index in [1.165, 1.54) is 6.07 Å². The van der Waals surface area contributed by atoms with Crippen LogP contribution in [0.3, 0.4) is 0 Å². The number of hydrogen-bond donors (Lipinski definition) is 4. The molecule has 2 heterocycles. The Bertz CT molecular complexity index is 1430. The highest BCUT2D eigenvalue weighted by atomic mass is 32.2. The fourth-order valence-electron chi connectivity index (χ4n) is 3.52. The van der Waals surface area contributed by atoms with Gasteiger partial charge in [0, 0.05) is 23.0 Å². The number of sulfonamides is 1. The predicted molar refractivity (Wildman–Crippen MR) is 133 cm³/mol. The second-order valence-electron chi connectivity index (χ2n) is 8.36. The van der Waals surface area contributed by atoms with E-state index in [9.17, 15) is 8.42 Å². The van der Waals surface area contributed by atoms with E-state index < -0.39 is 10.0 Å². The van der Waals surface area contributed by atoms with Gasteiger partial charge in [0.05, 0.1) is 11.0 Å². The van der Waals surface area contributed by atoms with E-state index >= 15 is 0 Å². The van der Waals surface area contributed by atoms with Gasteiger partial charge in [0.2, 0.25) is 5.95 Å². The molecule has 0 aliphatic heterocycles. The molecule has 11 heteroatoms. The molecule has 0 aliphatic carbocycles. The number of imidazole rings is 1. The molecule has 0 unspecified atom stereocenters. The van der Waals surface area contributed by atoms with Gasteiger partial charge in [-0.05, 0) is 56.7 Å². The number of para-hydroxylation sites is 1. The van der Waals surface area contributed by atoms with Crippen LogP contribution in [-0.2, 0) is 20.4 Å². The molecule has 2 aromatic carbocycles. The number of hydrogen-bond acceptors (Lipinski definition) is 7. The summed E-state index contributed by atoms with van der Waals surface area (Å²) in [6, 6.07) is 15.8. The number of fused-ring (bicyclic) bond motifs is 1. The van der Waals surface area contributed by atoms with Gasteiger partial charge in [-0.1, -0.05) is 24.3 Å². The molecule has 0 fully saturated rings. The van der Waals surface area contributed by atoms with Crippen molar-refractivity contribution in [1.29, 1.82) is 0 Å². The molecule has 2 aromatic heterocycles. The van der Waals surface area contributed by atoms with Crippen LogP contribution in [0.4, 0.5) is 17.5 Å². The number of nitrogens with one attached hydrogen (secondary N) is 1. The highest BCUT2D eigenvalue weighted by Crippen LogP contribution is 2.32. The van der Waals surface area contributed by atoms with Crippen molar-refractivity contribution in [2.75, 3.05) is 16.2 Å². The fraction of sp³-hybridized carbons (Fsp3) is 0.174. The number of nitrogens with two attached hydrogens (primary N) is 2. The first-order valence-corrected chi connectivity index (χ1v) is 11.7. The summed E-state index contributed by atoms with van der Waals surface area (Å²) in [6.07, 6.45) is 1.55. The molecule has 0 radical (unpaired) electrons. The second-order valence-corrected chi connectivity index (χ2v) is 10.0. The van der Waals surface area contributed by atoms with E-state index in [4.69, 9.17) is 21.4 Å². The fourth-order valence-corrected chi connectivity index (χ4v) is 4.69. The van der Waals surface area contributed by atoms with Crippen LogP contribution < -0.4 is 16.2 Å². The lowest BCUT2D eigenvalue weighted by molar-refractivity contribution is -0.122. The SMILES string of the molecule is CC(C)(C)n1c(N)nc2ccc(-c3cnc(N)c(S(=O)(=O)Nc4ccccc4)c3)cc21.O=CO. The van der Waals surface area contributed by atoms with Crippen molar-refractivity contribution in [3.8, 4) is 11.1 Å². The van der Waals surface area contributed by atoms with Crippen molar-refractivity contribution in [3.05, 3.63) is 60.8 Å². The van der Waals surface area contributed by atoms with E-state index in [1.54, 1.807) is 36.5 Å². The molecule has 0 saturated heterocycles. The van der Waals surface area contributed by atoms with Crippen LogP contribution in [0.15, 0.2) is 65.7 Å². The molecule has 10 nitrogen and oxygen atoms in total. The van der Waals surface area contributed by atoms with Crippen LogP contribution in [0.25, 0.3) is 22.2 Å². The van der Waals surface area contributed by atoms with E-state index in [0.717, 1.165) is 16.6 Å². The number of anilines is 3. The highest BCUT2D eigenvalue weighted by molar-refractivity contribution is 7.92. The lowest BCUT2D eigenvalue weighted by Gasteiger charge is -2.23. The Labute approximate surface area is 197 Å². The first kappa shape index (κ1) is 24.5. The lowest BCUT2D eigenvalue weighted by Crippen LogP contribution is -2.23. The summed E-state index contributed by atoms with van der Waals surface area (Å²) in [5.74, 6) is 0.350. The smallest absolute Gasteiger partial charge is 0.290 e. The molecule has 0 amide bonds. The average Bonchev–Trinajstić information content (AvgIpc) is 3.10. The van der Waals surface area contributed by atoms with Gasteiger partial charge in [-0.3, -0.25) is 9.52 Å². The number of benzene rings is 2. The van der Waals surface area contributed by atoms with Crippen LogP contribution in [0.1, 0.15) is 20.8 Å². The maximum Gasteiger partial charge on any atom is 0.290 e. The van der Waals surface area contributed by atoms with Gasteiger partial charge in [-0.25, -0.2) is 18.4 Å². The Kier molecular flexibility index (Phi) is 6.78. The molecule has 4 rings (SSSR count). The van der Waals surface area contributed by atoms with Crippen molar-refractivity contribution >= 4 is 45.0 Å². The van der Waals surface area contributed by atoms with Crippen LogP contribution in [-0.4, -0.2) is 34.5 Å². The Balaban J connectivity index is 0.00000103. The summed E-state index contributed by atoms with van der Waals surface area (Å²) in [6.45, 7) is 5.88. The number of nitrogens with zero attached hydrogens (tertiary/aromatic N) is 3. The van der Waals surface area contributed by atoms with Gasteiger partial charge < -0.3 is 21.1 Å². The molecule has 34 heavy (non-hydrogen) atoms. The maximum absolute atomic E-state index is 12.9. The van der Waals surface area contributed by atoms with E-state index in [2.05, 4.69) is 14.7 Å². The van der Waals surface area contributed by atoms with Crippen molar-refractivity contribution in [1.82, 2.24) is 14.5 Å². The minimum atomic E-state index is -3.92. The zero-order valence-electron chi connectivity index (χ0n) is 18.9. The minimum absolute atomic E-state index is 0.0720. The largest absolute Gasteiger partial charge is 0.483 e. The molecule has 0 bridgehead atoms. The van der Waals surface area contributed by atoms with Crippen LogP contribution in [0.5, 0.6) is 0 Å². The topological polar surface area (TPSA) is 166 Å². The third-order valence-electron chi connectivity index (χ3n) is 4.88. The van der Waals surface area contributed by atoms with Crippen LogP contribution >= 0.6 is 0 Å². The molecule has 0 atom stereocenters. The molecule has 0 spiro atoms. The number of aromatic nitrogens is 3. The van der Waals surface area contributed by atoms with Crippen molar-refractivity contribution in [2.24, 2.45) is 0 Å². The highest BCUT2D eigenvalue weighted by Gasteiger charge is 2.22. The number of carbonyl (C=O) groups is 1. The summed E-state index contributed by atoms with van der Waals surface area (Å²) < 4.78 is 30.4. The Hall–Kier alpha value is -4.12. The summed E-state index contributed by atoms with van der Waals surface area (Å²) in [5, 5.41) is 6.89. The second kappa shape index (κ2) is 9.40. The van der Waals surface area contributed by atoms with Crippen molar-refractivity contribution < 1.29 is 18.3 Å².